The largest absolute Gasteiger partial charge is 0.320 e. The molecular formula is C15H9Cl2N3O. The number of pyridine rings is 1. The Morgan fingerprint density at radius 3 is 2.76 bits per heavy atom. The summed E-state index contributed by atoms with van der Waals surface area (Å²) < 4.78 is 0. The van der Waals surface area contributed by atoms with Crippen LogP contribution < -0.4 is 5.32 Å². The number of rotatable bonds is 3. The van der Waals surface area contributed by atoms with Gasteiger partial charge in [0.05, 0.1) is 16.4 Å². The monoisotopic (exact) mass is 317 g/mol. The predicted octanol–water partition coefficient (Wildman–Crippen LogP) is 3.93. The summed E-state index contributed by atoms with van der Waals surface area (Å²) in [5.41, 5.74) is 0.780. The molecule has 0 radical (unpaired) electrons. The third-order valence-corrected chi connectivity index (χ3v) is 3.09. The molecule has 0 aliphatic heterocycles. The van der Waals surface area contributed by atoms with Crippen molar-refractivity contribution in [2.75, 3.05) is 5.32 Å². The van der Waals surface area contributed by atoms with Crippen molar-refractivity contribution in [1.29, 1.82) is 5.26 Å². The van der Waals surface area contributed by atoms with Gasteiger partial charge >= 0.3 is 0 Å². The van der Waals surface area contributed by atoms with Crippen LogP contribution in [0.25, 0.3) is 6.08 Å². The van der Waals surface area contributed by atoms with Gasteiger partial charge in [0.1, 0.15) is 11.6 Å². The summed E-state index contributed by atoms with van der Waals surface area (Å²) in [5.74, 6) is -0.577. The first-order valence-corrected chi connectivity index (χ1v) is 6.65. The normalized spacial score (nSPS) is 10.8. The van der Waals surface area contributed by atoms with E-state index in [0.29, 0.717) is 21.4 Å². The molecule has 0 aliphatic rings. The molecule has 0 unspecified atom stereocenters. The van der Waals surface area contributed by atoms with Crippen LogP contribution in [0.1, 0.15) is 5.69 Å². The summed E-state index contributed by atoms with van der Waals surface area (Å²) in [6.45, 7) is 0. The van der Waals surface area contributed by atoms with Gasteiger partial charge in [-0.05, 0) is 36.4 Å². The van der Waals surface area contributed by atoms with Crippen LogP contribution in [0.15, 0.2) is 48.2 Å². The van der Waals surface area contributed by atoms with Crippen LogP contribution in [0.5, 0.6) is 0 Å². The number of nitrogens with one attached hydrogen (secondary N) is 1. The van der Waals surface area contributed by atoms with Gasteiger partial charge in [-0.25, -0.2) is 0 Å². The summed E-state index contributed by atoms with van der Waals surface area (Å²) in [6.07, 6.45) is 2.97. The minimum absolute atomic E-state index is 0.0789. The Kier molecular flexibility index (Phi) is 4.94. The zero-order valence-corrected chi connectivity index (χ0v) is 12.2. The SMILES string of the molecule is N#CC(=Cc1ccccn1)C(=O)Nc1cc(Cl)ccc1Cl. The standard InChI is InChI=1S/C15H9Cl2N3O/c16-11-4-5-13(17)14(8-11)20-15(21)10(9-18)7-12-3-1-2-6-19-12/h1-8H,(H,20,21). The number of carbonyl (C=O) groups is 1. The number of hydrogen-bond donors (Lipinski definition) is 1. The zero-order chi connectivity index (χ0) is 15.2. The van der Waals surface area contributed by atoms with E-state index >= 15 is 0 Å². The highest BCUT2D eigenvalue weighted by atomic mass is 35.5. The van der Waals surface area contributed by atoms with Crippen LogP contribution in [-0.4, -0.2) is 10.9 Å². The Labute approximate surface area is 131 Å². The molecule has 0 atom stereocenters. The molecule has 1 heterocycles. The van der Waals surface area contributed by atoms with Crippen molar-refractivity contribution in [3.8, 4) is 6.07 Å². The topological polar surface area (TPSA) is 65.8 Å². The summed E-state index contributed by atoms with van der Waals surface area (Å²) in [6, 6.07) is 11.7. The van der Waals surface area contributed by atoms with Crippen LogP contribution in [0.4, 0.5) is 5.69 Å². The van der Waals surface area contributed by atoms with Crippen LogP contribution in [0.3, 0.4) is 0 Å². The first kappa shape index (κ1) is 15.0. The van der Waals surface area contributed by atoms with Crippen molar-refractivity contribution in [3.05, 3.63) is 63.9 Å². The van der Waals surface area contributed by atoms with Gasteiger partial charge in [-0.3, -0.25) is 9.78 Å². The van der Waals surface area contributed by atoms with Crippen LogP contribution in [0, 0.1) is 11.3 Å². The third kappa shape index (κ3) is 4.06. The van der Waals surface area contributed by atoms with E-state index in [9.17, 15) is 4.79 Å². The minimum atomic E-state index is -0.577. The van der Waals surface area contributed by atoms with E-state index in [2.05, 4.69) is 10.3 Å². The number of aromatic nitrogens is 1. The van der Waals surface area contributed by atoms with Gasteiger partial charge in [0.15, 0.2) is 0 Å². The molecule has 2 aromatic rings. The van der Waals surface area contributed by atoms with E-state index in [-0.39, 0.29) is 5.57 Å². The molecule has 6 heteroatoms. The number of nitriles is 1. The fourth-order valence-electron chi connectivity index (χ4n) is 1.54. The van der Waals surface area contributed by atoms with E-state index < -0.39 is 5.91 Å². The summed E-state index contributed by atoms with van der Waals surface area (Å²) in [4.78, 5) is 16.1. The number of anilines is 1. The molecule has 2 rings (SSSR count). The lowest BCUT2D eigenvalue weighted by Gasteiger charge is -2.06. The van der Waals surface area contributed by atoms with E-state index in [1.165, 1.54) is 12.1 Å². The second kappa shape index (κ2) is 6.89. The molecular weight excluding hydrogens is 309 g/mol. The molecule has 104 valence electrons. The molecule has 1 aromatic heterocycles. The van der Waals surface area contributed by atoms with Gasteiger partial charge < -0.3 is 5.32 Å². The quantitative estimate of drug-likeness (QED) is 0.689. The lowest BCUT2D eigenvalue weighted by molar-refractivity contribution is -0.112. The van der Waals surface area contributed by atoms with Crippen molar-refractivity contribution in [1.82, 2.24) is 4.98 Å². The Hall–Kier alpha value is -2.35. The highest BCUT2D eigenvalue weighted by Gasteiger charge is 2.12. The van der Waals surface area contributed by atoms with Crippen molar-refractivity contribution in [2.45, 2.75) is 0 Å². The fourth-order valence-corrected chi connectivity index (χ4v) is 1.88. The molecule has 4 nitrogen and oxygen atoms in total. The average Bonchev–Trinajstić information content (AvgIpc) is 2.49. The number of amides is 1. The summed E-state index contributed by atoms with van der Waals surface area (Å²) in [7, 11) is 0. The molecule has 0 fully saturated rings. The Morgan fingerprint density at radius 2 is 2.10 bits per heavy atom. The van der Waals surface area contributed by atoms with Crippen LogP contribution in [0.2, 0.25) is 10.0 Å². The maximum absolute atomic E-state index is 12.1. The Balaban J connectivity index is 2.24. The summed E-state index contributed by atoms with van der Waals surface area (Å²) >= 11 is 11.8. The van der Waals surface area contributed by atoms with Gasteiger partial charge in [0.25, 0.3) is 5.91 Å². The molecule has 1 amide bonds. The maximum atomic E-state index is 12.1. The number of benzene rings is 1. The van der Waals surface area contributed by atoms with Gasteiger partial charge in [0, 0.05) is 11.2 Å². The molecule has 0 saturated heterocycles. The second-order valence-electron chi connectivity index (χ2n) is 4.00. The highest BCUT2D eigenvalue weighted by Crippen LogP contribution is 2.25. The predicted molar refractivity (Wildman–Crippen MR) is 82.9 cm³/mol. The first-order chi connectivity index (χ1) is 10.1. The van der Waals surface area contributed by atoms with E-state index in [4.69, 9.17) is 28.5 Å². The van der Waals surface area contributed by atoms with Crippen molar-refractivity contribution < 1.29 is 4.79 Å². The molecule has 0 bridgehead atoms. The molecule has 1 N–H and O–H groups in total. The smallest absolute Gasteiger partial charge is 0.266 e. The number of hydrogen-bond acceptors (Lipinski definition) is 3. The average molecular weight is 318 g/mol. The van der Waals surface area contributed by atoms with E-state index in [0.717, 1.165) is 0 Å². The fraction of sp³-hybridized carbons (Fsp3) is 0. The maximum Gasteiger partial charge on any atom is 0.266 e. The van der Waals surface area contributed by atoms with Gasteiger partial charge in [-0.15, -0.1) is 0 Å². The molecule has 0 saturated carbocycles. The molecule has 21 heavy (non-hydrogen) atoms. The van der Waals surface area contributed by atoms with Crippen LogP contribution in [-0.2, 0) is 4.79 Å². The Morgan fingerprint density at radius 1 is 1.29 bits per heavy atom. The summed E-state index contributed by atoms with van der Waals surface area (Å²) in [5, 5.41) is 12.4. The lowest BCUT2D eigenvalue weighted by Crippen LogP contribution is -2.13. The molecule has 0 aliphatic carbocycles. The van der Waals surface area contributed by atoms with Gasteiger partial charge in [0.2, 0.25) is 0 Å². The van der Waals surface area contributed by atoms with Crippen LogP contribution >= 0.6 is 23.2 Å². The molecule has 1 aromatic carbocycles. The Bertz CT molecular complexity index is 736. The number of carbonyl (C=O) groups excluding carboxylic acids is 1. The third-order valence-electron chi connectivity index (χ3n) is 2.52. The van der Waals surface area contributed by atoms with Gasteiger partial charge in [-0.1, -0.05) is 29.3 Å². The van der Waals surface area contributed by atoms with E-state index in [1.54, 1.807) is 36.5 Å². The van der Waals surface area contributed by atoms with Crippen molar-refractivity contribution in [3.63, 3.8) is 0 Å². The van der Waals surface area contributed by atoms with Gasteiger partial charge in [-0.2, -0.15) is 5.26 Å². The molecule has 0 spiro atoms. The van der Waals surface area contributed by atoms with Crippen molar-refractivity contribution in [2.24, 2.45) is 0 Å². The second-order valence-corrected chi connectivity index (χ2v) is 4.85. The number of halogens is 2. The number of nitrogens with zero attached hydrogens (tertiary/aromatic N) is 2. The van der Waals surface area contributed by atoms with Crippen molar-refractivity contribution >= 4 is 40.9 Å². The van der Waals surface area contributed by atoms with E-state index in [1.807, 2.05) is 6.07 Å². The zero-order valence-electron chi connectivity index (χ0n) is 10.7. The lowest BCUT2D eigenvalue weighted by atomic mass is 10.2. The highest BCUT2D eigenvalue weighted by molar-refractivity contribution is 6.36. The first-order valence-electron chi connectivity index (χ1n) is 5.89. The minimum Gasteiger partial charge on any atom is -0.320 e.